The Labute approximate surface area is 142 Å². The zero-order chi connectivity index (χ0) is 17.0. The number of ether oxygens (including phenoxy) is 2. The number of rotatable bonds is 5. The predicted molar refractivity (Wildman–Crippen MR) is 90.6 cm³/mol. The van der Waals surface area contributed by atoms with Gasteiger partial charge in [0.25, 0.3) is 0 Å². The maximum atomic E-state index is 12.0. The van der Waals surface area contributed by atoms with Crippen LogP contribution in [0.15, 0.2) is 12.1 Å². The van der Waals surface area contributed by atoms with Gasteiger partial charge < -0.3 is 9.47 Å². The lowest BCUT2D eigenvalue weighted by atomic mass is 9.75. The van der Waals surface area contributed by atoms with Crippen LogP contribution in [0.25, 0.3) is 0 Å². The first-order chi connectivity index (χ1) is 10.9. The first kappa shape index (κ1) is 18.0. The van der Waals surface area contributed by atoms with Gasteiger partial charge in [-0.1, -0.05) is 27.2 Å². The molecule has 1 fully saturated rings. The van der Waals surface area contributed by atoms with Crippen LogP contribution in [0.1, 0.15) is 54.6 Å². The van der Waals surface area contributed by atoms with E-state index in [9.17, 15) is 9.59 Å². The van der Waals surface area contributed by atoms with Gasteiger partial charge in [0.15, 0.2) is 6.61 Å². The zero-order valence-corrected chi connectivity index (χ0v) is 15.2. The molecule has 1 aliphatic rings. The topological polar surface area (TPSA) is 52.6 Å². The minimum absolute atomic E-state index is 0.0612. The van der Waals surface area contributed by atoms with Crippen molar-refractivity contribution in [3.05, 3.63) is 21.9 Å². The molecule has 0 aliphatic heterocycles. The molecule has 3 atom stereocenters. The number of carbonyl (C=O) groups excluding carboxylic acids is 2. The maximum Gasteiger partial charge on any atom is 0.348 e. The molecule has 0 amide bonds. The van der Waals surface area contributed by atoms with Crippen LogP contribution < -0.4 is 0 Å². The Morgan fingerprint density at radius 3 is 2.65 bits per heavy atom. The molecule has 5 heteroatoms. The smallest absolute Gasteiger partial charge is 0.348 e. The molecular formula is C18H26O4S. The van der Waals surface area contributed by atoms with Gasteiger partial charge in [0.05, 0.1) is 0 Å². The van der Waals surface area contributed by atoms with Gasteiger partial charge in [-0.05, 0) is 49.7 Å². The number of thiophene rings is 1. The largest absolute Gasteiger partial charge is 0.460 e. The Morgan fingerprint density at radius 2 is 2.04 bits per heavy atom. The van der Waals surface area contributed by atoms with E-state index in [1.807, 2.05) is 13.0 Å². The summed E-state index contributed by atoms with van der Waals surface area (Å²) in [6.45, 7) is 8.13. The van der Waals surface area contributed by atoms with Crippen LogP contribution in [-0.4, -0.2) is 24.6 Å². The number of carbonyl (C=O) groups is 2. The van der Waals surface area contributed by atoms with E-state index in [1.165, 1.54) is 17.8 Å². The molecule has 0 N–H and O–H groups in total. The highest BCUT2D eigenvalue weighted by Crippen LogP contribution is 2.35. The highest BCUT2D eigenvalue weighted by atomic mass is 32.1. The first-order valence-corrected chi connectivity index (χ1v) is 9.11. The molecule has 23 heavy (non-hydrogen) atoms. The summed E-state index contributed by atoms with van der Waals surface area (Å²) in [5, 5.41) is 0. The average molecular weight is 338 g/mol. The van der Waals surface area contributed by atoms with Crippen LogP contribution in [0, 0.1) is 24.7 Å². The predicted octanol–water partition coefficient (Wildman–Crippen LogP) is 4.22. The van der Waals surface area contributed by atoms with Gasteiger partial charge in [-0.2, -0.15) is 0 Å². The molecule has 0 unspecified atom stereocenters. The molecule has 0 radical (unpaired) electrons. The van der Waals surface area contributed by atoms with Crippen LogP contribution in [0.5, 0.6) is 0 Å². The normalized spacial score (nSPS) is 24.5. The summed E-state index contributed by atoms with van der Waals surface area (Å²) >= 11 is 1.36. The Balaban J connectivity index is 1.84. The number of aryl methyl sites for hydroxylation is 1. The molecule has 4 nitrogen and oxygen atoms in total. The van der Waals surface area contributed by atoms with Crippen molar-refractivity contribution >= 4 is 23.3 Å². The lowest BCUT2D eigenvalue weighted by Gasteiger charge is -2.36. The molecule has 1 aromatic rings. The maximum absolute atomic E-state index is 12.0. The summed E-state index contributed by atoms with van der Waals surface area (Å²) in [5.74, 6) is 0.538. The van der Waals surface area contributed by atoms with Crippen LogP contribution in [0.2, 0.25) is 0 Å². The molecule has 0 bridgehead atoms. The average Bonchev–Trinajstić information content (AvgIpc) is 2.91. The van der Waals surface area contributed by atoms with Gasteiger partial charge >= 0.3 is 11.9 Å². The minimum atomic E-state index is -0.461. The summed E-state index contributed by atoms with van der Waals surface area (Å²) in [6.07, 6.45) is 3.11. The van der Waals surface area contributed by atoms with Crippen LogP contribution in [0.3, 0.4) is 0 Å². The van der Waals surface area contributed by atoms with Gasteiger partial charge in [0, 0.05) is 4.88 Å². The molecule has 1 saturated carbocycles. The Kier molecular flexibility index (Phi) is 6.22. The fourth-order valence-electron chi connectivity index (χ4n) is 3.19. The van der Waals surface area contributed by atoms with Crippen LogP contribution >= 0.6 is 11.3 Å². The molecule has 1 heterocycles. The highest BCUT2D eigenvalue weighted by Gasteiger charge is 2.33. The molecular weight excluding hydrogens is 312 g/mol. The SMILES string of the molecule is Cc1ccc(C(=O)OCC(=O)O[C@H]2C[C@H](C)CC[C@H]2C(C)C)s1. The van der Waals surface area contributed by atoms with Crippen molar-refractivity contribution in [2.75, 3.05) is 6.61 Å². The monoisotopic (exact) mass is 338 g/mol. The Bertz CT molecular complexity index is 549. The summed E-state index contributed by atoms with van der Waals surface area (Å²) in [7, 11) is 0. The number of hydrogen-bond donors (Lipinski definition) is 0. The Morgan fingerprint density at radius 1 is 1.30 bits per heavy atom. The molecule has 0 saturated heterocycles. The van der Waals surface area contributed by atoms with Gasteiger partial charge in [-0.15, -0.1) is 11.3 Å². The van der Waals surface area contributed by atoms with E-state index < -0.39 is 11.9 Å². The van der Waals surface area contributed by atoms with E-state index in [2.05, 4.69) is 20.8 Å². The molecule has 128 valence electrons. The van der Waals surface area contributed by atoms with Crippen molar-refractivity contribution in [3.8, 4) is 0 Å². The third-order valence-corrected chi connectivity index (χ3v) is 5.49. The fraction of sp³-hybridized carbons (Fsp3) is 0.667. The highest BCUT2D eigenvalue weighted by molar-refractivity contribution is 7.13. The van der Waals surface area contributed by atoms with Gasteiger partial charge in [-0.25, -0.2) is 9.59 Å². The van der Waals surface area contributed by atoms with E-state index >= 15 is 0 Å². The van der Waals surface area contributed by atoms with Crippen molar-refractivity contribution in [2.45, 2.75) is 53.1 Å². The van der Waals surface area contributed by atoms with Gasteiger partial charge in [0.2, 0.25) is 0 Å². The number of esters is 2. The third-order valence-electron chi connectivity index (χ3n) is 4.51. The van der Waals surface area contributed by atoms with Crippen molar-refractivity contribution in [1.82, 2.24) is 0 Å². The van der Waals surface area contributed by atoms with E-state index in [0.717, 1.165) is 17.7 Å². The molecule has 0 aromatic carbocycles. The lowest BCUT2D eigenvalue weighted by molar-refractivity contribution is -0.159. The van der Waals surface area contributed by atoms with E-state index in [1.54, 1.807) is 6.07 Å². The minimum Gasteiger partial charge on any atom is -0.460 e. The molecule has 0 spiro atoms. The van der Waals surface area contributed by atoms with E-state index in [0.29, 0.717) is 22.6 Å². The van der Waals surface area contributed by atoms with E-state index in [4.69, 9.17) is 9.47 Å². The summed E-state index contributed by atoms with van der Waals surface area (Å²) in [6, 6.07) is 3.57. The van der Waals surface area contributed by atoms with Crippen LogP contribution in [-0.2, 0) is 14.3 Å². The summed E-state index contributed by atoms with van der Waals surface area (Å²) in [4.78, 5) is 25.4. The lowest BCUT2D eigenvalue weighted by Crippen LogP contribution is -2.36. The quantitative estimate of drug-likeness (QED) is 0.754. The second-order valence-electron chi connectivity index (χ2n) is 6.84. The van der Waals surface area contributed by atoms with Crippen molar-refractivity contribution < 1.29 is 19.1 Å². The van der Waals surface area contributed by atoms with Crippen molar-refractivity contribution in [2.24, 2.45) is 17.8 Å². The van der Waals surface area contributed by atoms with Crippen molar-refractivity contribution in [1.29, 1.82) is 0 Å². The molecule has 1 aliphatic carbocycles. The van der Waals surface area contributed by atoms with Gasteiger partial charge in [-0.3, -0.25) is 0 Å². The van der Waals surface area contributed by atoms with Crippen LogP contribution in [0.4, 0.5) is 0 Å². The summed E-state index contributed by atoms with van der Waals surface area (Å²) in [5.41, 5.74) is 0. The fourth-order valence-corrected chi connectivity index (χ4v) is 3.95. The Hall–Kier alpha value is -1.36. The first-order valence-electron chi connectivity index (χ1n) is 8.30. The molecule has 1 aromatic heterocycles. The van der Waals surface area contributed by atoms with Crippen molar-refractivity contribution in [3.63, 3.8) is 0 Å². The van der Waals surface area contributed by atoms with E-state index in [-0.39, 0.29) is 12.7 Å². The number of hydrogen-bond acceptors (Lipinski definition) is 5. The second-order valence-corrected chi connectivity index (χ2v) is 8.13. The zero-order valence-electron chi connectivity index (χ0n) is 14.3. The second kappa shape index (κ2) is 7.95. The van der Waals surface area contributed by atoms with Gasteiger partial charge in [0.1, 0.15) is 11.0 Å². The molecule has 2 rings (SSSR count). The third kappa shape index (κ3) is 5.06. The summed E-state index contributed by atoms with van der Waals surface area (Å²) < 4.78 is 10.7. The standard InChI is InChI=1S/C18H26O4S/c1-11(2)14-7-5-12(3)9-15(14)22-17(19)10-21-18(20)16-8-6-13(4)23-16/h6,8,11-12,14-15H,5,7,9-10H2,1-4H3/t12-,14+,15+/m1/s1.